The van der Waals surface area contributed by atoms with E-state index < -0.39 is 17.5 Å². The molecule has 0 heterocycles. The fraction of sp³-hybridized carbons (Fsp3) is 0.222. The molecule has 130 valence electrons. The first-order chi connectivity index (χ1) is 11.9. The summed E-state index contributed by atoms with van der Waals surface area (Å²) in [6, 6.07) is 10.6. The first-order valence-electron chi connectivity index (χ1n) is 7.75. The van der Waals surface area contributed by atoms with Gasteiger partial charge < -0.3 is 10.5 Å². The lowest BCUT2D eigenvalue weighted by Crippen LogP contribution is -2.15. The summed E-state index contributed by atoms with van der Waals surface area (Å²) >= 11 is 0. The number of aryl methyl sites for hydroxylation is 1. The van der Waals surface area contributed by atoms with Gasteiger partial charge in [0.25, 0.3) is 5.69 Å². The SMILES string of the molecule is CCCc1ccc(C(=O)COC(=O)c2cc([N+](=O)[O-])ccc2N)cc1. The molecular formula is C18H18N2O5. The van der Waals surface area contributed by atoms with E-state index in [1.807, 2.05) is 12.1 Å². The smallest absolute Gasteiger partial charge is 0.340 e. The molecule has 0 fully saturated rings. The molecule has 25 heavy (non-hydrogen) atoms. The van der Waals surface area contributed by atoms with E-state index in [1.54, 1.807) is 12.1 Å². The van der Waals surface area contributed by atoms with Crippen LogP contribution in [0.4, 0.5) is 11.4 Å². The van der Waals surface area contributed by atoms with Crippen LogP contribution in [0.3, 0.4) is 0 Å². The maximum atomic E-state index is 12.1. The van der Waals surface area contributed by atoms with E-state index in [0.29, 0.717) is 5.56 Å². The van der Waals surface area contributed by atoms with Gasteiger partial charge in [0.05, 0.1) is 10.5 Å². The summed E-state index contributed by atoms with van der Waals surface area (Å²) in [5, 5.41) is 10.8. The lowest BCUT2D eigenvalue weighted by molar-refractivity contribution is -0.384. The van der Waals surface area contributed by atoms with Crippen LogP contribution in [0.25, 0.3) is 0 Å². The number of carbonyl (C=O) groups excluding carboxylic acids is 2. The molecule has 0 saturated heterocycles. The maximum Gasteiger partial charge on any atom is 0.340 e. The van der Waals surface area contributed by atoms with Crippen molar-refractivity contribution in [3.63, 3.8) is 0 Å². The molecule has 2 N–H and O–H groups in total. The standard InChI is InChI=1S/C18H18N2O5/c1-2-3-12-4-6-13(7-5-12)17(21)11-25-18(22)15-10-14(20(23)24)8-9-16(15)19/h4-10H,2-3,11,19H2,1H3. The third-order valence-electron chi connectivity index (χ3n) is 3.62. The number of hydrogen-bond donors (Lipinski definition) is 1. The zero-order valence-electron chi connectivity index (χ0n) is 13.7. The third-order valence-corrected chi connectivity index (χ3v) is 3.62. The lowest BCUT2D eigenvalue weighted by atomic mass is 10.1. The number of nitro benzene ring substituents is 1. The Hall–Kier alpha value is -3.22. The molecule has 0 radical (unpaired) electrons. The molecule has 0 aliphatic carbocycles. The molecule has 2 aromatic carbocycles. The number of carbonyl (C=O) groups is 2. The highest BCUT2D eigenvalue weighted by atomic mass is 16.6. The number of nitrogens with two attached hydrogens (primary N) is 1. The predicted molar refractivity (Wildman–Crippen MR) is 92.6 cm³/mol. The Balaban J connectivity index is 2.03. The van der Waals surface area contributed by atoms with Crippen molar-refractivity contribution in [2.75, 3.05) is 12.3 Å². The predicted octanol–water partition coefficient (Wildman–Crippen LogP) is 3.17. The van der Waals surface area contributed by atoms with Crippen molar-refractivity contribution >= 4 is 23.1 Å². The molecule has 0 aromatic heterocycles. The van der Waals surface area contributed by atoms with Crippen molar-refractivity contribution in [3.8, 4) is 0 Å². The largest absolute Gasteiger partial charge is 0.454 e. The fourth-order valence-corrected chi connectivity index (χ4v) is 2.27. The average molecular weight is 342 g/mol. The molecule has 7 nitrogen and oxygen atoms in total. The van der Waals surface area contributed by atoms with E-state index in [0.717, 1.165) is 24.5 Å². The van der Waals surface area contributed by atoms with Gasteiger partial charge >= 0.3 is 5.97 Å². The van der Waals surface area contributed by atoms with Crippen LogP contribution in [0.1, 0.15) is 39.6 Å². The molecule has 0 aliphatic rings. The van der Waals surface area contributed by atoms with Crippen molar-refractivity contribution in [1.82, 2.24) is 0 Å². The van der Waals surface area contributed by atoms with Gasteiger partial charge in [0.15, 0.2) is 12.4 Å². The molecule has 2 aromatic rings. The van der Waals surface area contributed by atoms with Crippen LogP contribution in [0, 0.1) is 10.1 Å². The van der Waals surface area contributed by atoms with Gasteiger partial charge in [-0.3, -0.25) is 14.9 Å². The lowest BCUT2D eigenvalue weighted by Gasteiger charge is -2.07. The summed E-state index contributed by atoms with van der Waals surface area (Å²) in [4.78, 5) is 34.3. The number of ether oxygens (including phenoxy) is 1. The quantitative estimate of drug-likeness (QED) is 0.272. The molecule has 0 amide bonds. The molecule has 0 aliphatic heterocycles. The molecule has 0 bridgehead atoms. The zero-order chi connectivity index (χ0) is 18.4. The topological polar surface area (TPSA) is 113 Å². The number of esters is 1. The van der Waals surface area contributed by atoms with E-state index in [9.17, 15) is 19.7 Å². The minimum atomic E-state index is -0.878. The van der Waals surface area contributed by atoms with E-state index in [2.05, 4.69) is 6.92 Å². The molecule has 0 saturated carbocycles. The Kier molecular flexibility index (Phi) is 5.84. The molecule has 0 spiro atoms. The van der Waals surface area contributed by atoms with Crippen molar-refractivity contribution in [3.05, 3.63) is 69.3 Å². The summed E-state index contributed by atoms with van der Waals surface area (Å²) in [6.07, 6.45) is 1.94. The molecule has 7 heteroatoms. The Morgan fingerprint density at radius 2 is 1.84 bits per heavy atom. The second-order valence-electron chi connectivity index (χ2n) is 5.47. The first kappa shape index (κ1) is 18.1. The van der Waals surface area contributed by atoms with Gasteiger partial charge in [0, 0.05) is 23.4 Å². The number of Topliss-reactive ketones (excluding diaryl/α,β-unsaturated/α-hetero) is 1. The Labute approximate surface area is 144 Å². The molecular weight excluding hydrogens is 324 g/mol. The van der Waals surface area contributed by atoms with Crippen LogP contribution in [0.2, 0.25) is 0 Å². The highest BCUT2D eigenvalue weighted by Crippen LogP contribution is 2.20. The van der Waals surface area contributed by atoms with E-state index >= 15 is 0 Å². The summed E-state index contributed by atoms with van der Waals surface area (Å²) < 4.78 is 4.95. The number of nitro groups is 1. The van der Waals surface area contributed by atoms with Crippen molar-refractivity contribution in [1.29, 1.82) is 0 Å². The van der Waals surface area contributed by atoms with Gasteiger partial charge in [-0.05, 0) is 18.1 Å². The average Bonchev–Trinajstić information content (AvgIpc) is 2.60. The van der Waals surface area contributed by atoms with Crippen LogP contribution in [0.15, 0.2) is 42.5 Å². The molecule has 0 atom stereocenters. The van der Waals surface area contributed by atoms with Gasteiger partial charge in [-0.1, -0.05) is 37.6 Å². The first-order valence-corrected chi connectivity index (χ1v) is 7.75. The normalized spacial score (nSPS) is 10.3. The number of non-ortho nitro benzene ring substituents is 1. The molecule has 0 unspecified atom stereocenters. The number of anilines is 1. The van der Waals surface area contributed by atoms with Crippen LogP contribution < -0.4 is 5.73 Å². The number of rotatable bonds is 7. The van der Waals surface area contributed by atoms with E-state index in [4.69, 9.17) is 10.5 Å². The second kappa shape index (κ2) is 8.05. The Morgan fingerprint density at radius 3 is 2.44 bits per heavy atom. The van der Waals surface area contributed by atoms with Gasteiger partial charge in [-0.2, -0.15) is 0 Å². The number of ketones is 1. The number of nitrogen functional groups attached to an aromatic ring is 1. The van der Waals surface area contributed by atoms with E-state index in [1.165, 1.54) is 12.1 Å². The monoisotopic (exact) mass is 342 g/mol. The van der Waals surface area contributed by atoms with Crippen molar-refractivity contribution in [2.45, 2.75) is 19.8 Å². The van der Waals surface area contributed by atoms with Crippen LogP contribution in [-0.2, 0) is 11.2 Å². The fourth-order valence-electron chi connectivity index (χ4n) is 2.27. The highest BCUT2D eigenvalue weighted by molar-refractivity contribution is 6.01. The zero-order valence-corrected chi connectivity index (χ0v) is 13.7. The summed E-state index contributed by atoms with van der Waals surface area (Å²) in [6.45, 7) is 1.60. The van der Waals surface area contributed by atoms with Crippen molar-refractivity contribution < 1.29 is 19.2 Å². The number of hydrogen-bond acceptors (Lipinski definition) is 6. The number of nitrogens with zero attached hydrogens (tertiary/aromatic N) is 1. The van der Waals surface area contributed by atoms with Gasteiger partial charge in [-0.25, -0.2) is 4.79 Å². The van der Waals surface area contributed by atoms with Crippen molar-refractivity contribution in [2.24, 2.45) is 0 Å². The summed E-state index contributed by atoms with van der Waals surface area (Å²) in [7, 11) is 0. The van der Waals surface area contributed by atoms with Gasteiger partial charge in [0.1, 0.15) is 0 Å². The summed E-state index contributed by atoms with van der Waals surface area (Å²) in [5.74, 6) is -1.24. The third kappa shape index (κ3) is 4.63. The van der Waals surface area contributed by atoms with E-state index in [-0.39, 0.29) is 22.7 Å². The van der Waals surface area contributed by atoms with Crippen LogP contribution in [-0.4, -0.2) is 23.3 Å². The second-order valence-corrected chi connectivity index (χ2v) is 5.47. The minimum absolute atomic E-state index is 0.0481. The maximum absolute atomic E-state index is 12.1. The van der Waals surface area contributed by atoms with Crippen LogP contribution >= 0.6 is 0 Å². The Morgan fingerprint density at radius 1 is 1.16 bits per heavy atom. The number of benzene rings is 2. The Bertz CT molecular complexity index is 800. The minimum Gasteiger partial charge on any atom is -0.454 e. The van der Waals surface area contributed by atoms with Gasteiger partial charge in [-0.15, -0.1) is 0 Å². The summed E-state index contributed by atoms with van der Waals surface area (Å²) in [5.41, 5.74) is 6.83. The van der Waals surface area contributed by atoms with Gasteiger partial charge in [0.2, 0.25) is 0 Å². The molecule has 2 rings (SSSR count). The highest BCUT2D eigenvalue weighted by Gasteiger charge is 2.18. The van der Waals surface area contributed by atoms with Crippen LogP contribution in [0.5, 0.6) is 0 Å².